The Hall–Kier alpha value is -3.67. The van der Waals surface area contributed by atoms with Gasteiger partial charge in [-0.1, -0.05) is 30.3 Å². The van der Waals surface area contributed by atoms with Crippen LogP contribution in [0.4, 0.5) is 0 Å². The Kier molecular flexibility index (Phi) is 4.44. The van der Waals surface area contributed by atoms with E-state index in [4.69, 9.17) is 4.42 Å². The van der Waals surface area contributed by atoms with Crippen LogP contribution in [-0.4, -0.2) is 31.9 Å². The van der Waals surface area contributed by atoms with E-state index in [2.05, 4.69) is 26.7 Å². The number of hydrogen-bond donors (Lipinski definition) is 0. The van der Waals surface area contributed by atoms with Gasteiger partial charge in [0, 0.05) is 31.7 Å². The summed E-state index contributed by atoms with van der Waals surface area (Å²) in [6.45, 7) is 1.75. The van der Waals surface area contributed by atoms with Crippen molar-refractivity contribution < 1.29 is 9.21 Å². The van der Waals surface area contributed by atoms with Crippen LogP contribution in [0.15, 0.2) is 83.9 Å². The van der Waals surface area contributed by atoms with E-state index in [0.717, 1.165) is 17.1 Å². The molecule has 0 unspecified atom stereocenters. The van der Waals surface area contributed by atoms with Gasteiger partial charge in [0.1, 0.15) is 5.82 Å². The Bertz CT molecular complexity index is 1120. The van der Waals surface area contributed by atoms with Crippen LogP contribution in [0.2, 0.25) is 0 Å². The largest absolute Gasteiger partial charge is 0.459 e. The van der Waals surface area contributed by atoms with Gasteiger partial charge < -0.3 is 13.9 Å². The minimum absolute atomic E-state index is 0.0161. The van der Waals surface area contributed by atoms with Gasteiger partial charge in [-0.05, 0) is 35.4 Å². The first kappa shape index (κ1) is 17.4. The van der Waals surface area contributed by atoms with Crippen molar-refractivity contribution in [2.75, 3.05) is 6.54 Å². The standard InChI is InChI=1S/C23H20N4O2/c28-23(21-9-5-13-29-21)27-14-17-6-1-2-8-19(17)20(16-27)22-25-11-12-26(22)15-18-7-3-4-10-24-18/h1-13,20H,14-16H2/t20-/m0/s1. The van der Waals surface area contributed by atoms with Gasteiger partial charge in [-0.2, -0.15) is 0 Å². The molecular weight excluding hydrogens is 364 g/mol. The molecule has 1 atom stereocenters. The topological polar surface area (TPSA) is 64.2 Å². The SMILES string of the molecule is O=C(c1ccco1)N1Cc2ccccc2[C@@H](c2nccn2Cc2ccccn2)C1. The molecule has 6 nitrogen and oxygen atoms in total. The molecule has 0 saturated heterocycles. The van der Waals surface area contributed by atoms with E-state index in [0.29, 0.717) is 25.4 Å². The molecular formula is C23H20N4O2. The minimum atomic E-state index is -0.0997. The number of amides is 1. The predicted octanol–water partition coefficient (Wildman–Crippen LogP) is 3.71. The van der Waals surface area contributed by atoms with E-state index in [1.807, 2.05) is 47.6 Å². The summed E-state index contributed by atoms with van der Waals surface area (Å²) in [4.78, 5) is 23.9. The highest BCUT2D eigenvalue weighted by Crippen LogP contribution is 2.33. The molecule has 0 N–H and O–H groups in total. The second-order valence-electron chi connectivity index (χ2n) is 7.15. The van der Waals surface area contributed by atoms with Crippen LogP contribution in [0.1, 0.15) is 39.1 Å². The fraction of sp³-hybridized carbons (Fsp3) is 0.174. The number of hydrogen-bond acceptors (Lipinski definition) is 4. The first-order valence-corrected chi connectivity index (χ1v) is 9.61. The van der Waals surface area contributed by atoms with Crippen molar-refractivity contribution in [1.29, 1.82) is 0 Å². The summed E-state index contributed by atoms with van der Waals surface area (Å²) in [7, 11) is 0. The lowest BCUT2D eigenvalue weighted by Crippen LogP contribution is -2.39. The average Bonchev–Trinajstić information content (AvgIpc) is 3.45. The van der Waals surface area contributed by atoms with Gasteiger partial charge in [0.05, 0.1) is 24.4 Å². The molecule has 29 heavy (non-hydrogen) atoms. The number of benzene rings is 1. The highest BCUT2D eigenvalue weighted by molar-refractivity contribution is 5.91. The zero-order valence-corrected chi connectivity index (χ0v) is 15.8. The summed E-state index contributed by atoms with van der Waals surface area (Å²) < 4.78 is 7.46. The predicted molar refractivity (Wildman–Crippen MR) is 107 cm³/mol. The molecule has 6 heteroatoms. The minimum Gasteiger partial charge on any atom is -0.459 e. The van der Waals surface area contributed by atoms with Crippen LogP contribution in [0.3, 0.4) is 0 Å². The summed E-state index contributed by atoms with van der Waals surface area (Å²) >= 11 is 0. The first-order valence-electron chi connectivity index (χ1n) is 9.61. The fourth-order valence-corrected chi connectivity index (χ4v) is 3.97. The van der Waals surface area contributed by atoms with Crippen molar-refractivity contribution in [3.05, 3.63) is 108 Å². The van der Waals surface area contributed by atoms with Crippen molar-refractivity contribution in [1.82, 2.24) is 19.4 Å². The van der Waals surface area contributed by atoms with Crippen molar-refractivity contribution in [2.45, 2.75) is 19.0 Å². The number of pyridine rings is 1. The number of carbonyl (C=O) groups is 1. The molecule has 5 rings (SSSR count). The van der Waals surface area contributed by atoms with E-state index < -0.39 is 0 Å². The lowest BCUT2D eigenvalue weighted by molar-refractivity contribution is 0.0690. The van der Waals surface area contributed by atoms with Crippen molar-refractivity contribution in [3.63, 3.8) is 0 Å². The summed E-state index contributed by atoms with van der Waals surface area (Å²) in [6.07, 6.45) is 7.11. The van der Waals surface area contributed by atoms with Crippen LogP contribution in [-0.2, 0) is 13.1 Å². The highest BCUT2D eigenvalue weighted by atomic mass is 16.3. The fourth-order valence-electron chi connectivity index (χ4n) is 3.97. The Morgan fingerprint density at radius 3 is 2.76 bits per heavy atom. The molecule has 4 aromatic rings. The van der Waals surface area contributed by atoms with Crippen LogP contribution in [0.5, 0.6) is 0 Å². The number of fused-ring (bicyclic) bond motifs is 1. The van der Waals surface area contributed by atoms with Gasteiger partial charge in [-0.3, -0.25) is 9.78 Å². The molecule has 1 aliphatic rings. The molecule has 3 aromatic heterocycles. The van der Waals surface area contributed by atoms with Gasteiger partial charge in [0.25, 0.3) is 5.91 Å². The van der Waals surface area contributed by atoms with Gasteiger partial charge in [-0.25, -0.2) is 4.98 Å². The smallest absolute Gasteiger partial charge is 0.289 e. The third-order valence-corrected chi connectivity index (χ3v) is 5.33. The van der Waals surface area contributed by atoms with Crippen molar-refractivity contribution in [3.8, 4) is 0 Å². The maximum atomic E-state index is 13.0. The molecule has 0 spiro atoms. The van der Waals surface area contributed by atoms with Crippen LogP contribution >= 0.6 is 0 Å². The second-order valence-corrected chi connectivity index (χ2v) is 7.15. The molecule has 0 radical (unpaired) electrons. The van der Waals surface area contributed by atoms with E-state index in [-0.39, 0.29) is 11.8 Å². The molecule has 0 saturated carbocycles. The third-order valence-electron chi connectivity index (χ3n) is 5.33. The third kappa shape index (κ3) is 3.33. The Morgan fingerprint density at radius 2 is 1.93 bits per heavy atom. The molecule has 1 amide bonds. The van der Waals surface area contributed by atoms with E-state index >= 15 is 0 Å². The monoisotopic (exact) mass is 384 g/mol. The second kappa shape index (κ2) is 7.39. The highest BCUT2D eigenvalue weighted by Gasteiger charge is 2.32. The van der Waals surface area contributed by atoms with Crippen LogP contribution < -0.4 is 0 Å². The Labute approximate surface area is 168 Å². The molecule has 0 aliphatic carbocycles. The van der Waals surface area contributed by atoms with E-state index in [9.17, 15) is 4.79 Å². The van der Waals surface area contributed by atoms with Gasteiger partial charge >= 0.3 is 0 Å². The van der Waals surface area contributed by atoms with Crippen molar-refractivity contribution >= 4 is 5.91 Å². The number of aromatic nitrogens is 3. The number of carbonyl (C=O) groups excluding carboxylic acids is 1. The summed E-state index contributed by atoms with van der Waals surface area (Å²) in [6, 6.07) is 17.6. The van der Waals surface area contributed by atoms with Crippen molar-refractivity contribution in [2.24, 2.45) is 0 Å². The van der Waals surface area contributed by atoms with Gasteiger partial charge in [0.2, 0.25) is 0 Å². The quantitative estimate of drug-likeness (QED) is 0.538. The number of imidazole rings is 1. The molecule has 0 bridgehead atoms. The average molecular weight is 384 g/mol. The first-order chi connectivity index (χ1) is 14.3. The molecule has 1 aliphatic heterocycles. The maximum Gasteiger partial charge on any atom is 0.289 e. The number of nitrogens with zero attached hydrogens (tertiary/aromatic N) is 4. The molecule has 1 aromatic carbocycles. The number of furan rings is 1. The maximum absolute atomic E-state index is 13.0. The Balaban J connectivity index is 1.51. The lowest BCUT2D eigenvalue weighted by atomic mass is 9.89. The zero-order chi connectivity index (χ0) is 19.6. The normalized spacial score (nSPS) is 15.9. The molecule has 144 valence electrons. The van der Waals surface area contributed by atoms with Gasteiger partial charge in [-0.15, -0.1) is 0 Å². The van der Waals surface area contributed by atoms with Crippen LogP contribution in [0.25, 0.3) is 0 Å². The summed E-state index contributed by atoms with van der Waals surface area (Å²) in [5.41, 5.74) is 3.32. The molecule has 4 heterocycles. The number of rotatable bonds is 4. The zero-order valence-electron chi connectivity index (χ0n) is 15.8. The lowest BCUT2D eigenvalue weighted by Gasteiger charge is -2.34. The molecule has 0 fully saturated rings. The van der Waals surface area contributed by atoms with E-state index in [1.54, 1.807) is 18.3 Å². The summed E-state index contributed by atoms with van der Waals surface area (Å²) in [5.74, 6) is 1.18. The van der Waals surface area contributed by atoms with Crippen LogP contribution in [0, 0.1) is 0 Å². The summed E-state index contributed by atoms with van der Waals surface area (Å²) in [5, 5.41) is 0. The van der Waals surface area contributed by atoms with E-state index in [1.165, 1.54) is 11.8 Å². The van der Waals surface area contributed by atoms with Gasteiger partial charge in [0.15, 0.2) is 5.76 Å². The Morgan fingerprint density at radius 1 is 1.03 bits per heavy atom.